The third-order valence-electron chi connectivity index (χ3n) is 18.9. The van der Waals surface area contributed by atoms with Gasteiger partial charge in [-0.25, -0.2) is 0 Å². The fraction of sp³-hybridized carbons (Fsp3) is 0. The zero-order valence-corrected chi connectivity index (χ0v) is 48.2. The van der Waals surface area contributed by atoms with Gasteiger partial charge in [-0.15, -0.1) is 0 Å². The van der Waals surface area contributed by atoms with E-state index in [-0.39, 0.29) is 0 Å². The summed E-state index contributed by atoms with van der Waals surface area (Å²) in [6, 6.07) is 123. The third-order valence-corrected chi connectivity index (χ3v) is 18.9. The molecule has 0 heterocycles. The summed E-state index contributed by atoms with van der Waals surface area (Å²) in [5.41, 5.74) is 17.1. The molecule has 18 aromatic carbocycles. The third kappa shape index (κ3) is 8.00. The standard InChI is InChI=1S/C88H54/c1-3-21-55(22-4-1)64-49-65(51-68(50-64)86-76-33-13-15-35-78(76)87(79-36-16-14-34-77(79)86)73-40-20-39-70-72(73)44-43-63-46-57-25-7-8-26-60(57)52-82(63)70)59-28-19-27-58(45-59)61-41-42-62-48-67-54-84(71-30-10-9-29-69(71)83(67)53-66(62)47-61)88-80-37-17-11-31-74(80)85(56-23-5-2-6-24-56)75-32-12-18-38-81(75)88/h1-54H. The molecule has 0 aliphatic rings. The highest BCUT2D eigenvalue weighted by Gasteiger charge is 2.22. The summed E-state index contributed by atoms with van der Waals surface area (Å²) in [7, 11) is 0. The first-order valence-corrected chi connectivity index (χ1v) is 30.6. The number of hydrogen-bond donors (Lipinski definition) is 0. The van der Waals surface area contributed by atoms with Gasteiger partial charge in [0.15, 0.2) is 0 Å². The van der Waals surface area contributed by atoms with Crippen LogP contribution in [-0.2, 0) is 0 Å². The lowest BCUT2D eigenvalue weighted by molar-refractivity contribution is 1.57. The number of rotatable bonds is 7. The number of hydrogen-bond acceptors (Lipinski definition) is 0. The molecule has 0 saturated heterocycles. The van der Waals surface area contributed by atoms with E-state index in [2.05, 4.69) is 328 Å². The zero-order valence-electron chi connectivity index (χ0n) is 48.2. The first-order chi connectivity index (χ1) is 43.6. The van der Waals surface area contributed by atoms with Crippen LogP contribution in [0.3, 0.4) is 0 Å². The monoisotopic (exact) mass is 1110 g/mol. The number of fused-ring (bicyclic) bond motifs is 12. The lowest BCUT2D eigenvalue weighted by Gasteiger charge is -2.20. The van der Waals surface area contributed by atoms with Gasteiger partial charge in [0.25, 0.3) is 0 Å². The van der Waals surface area contributed by atoms with Gasteiger partial charge in [0, 0.05) is 0 Å². The highest BCUT2D eigenvalue weighted by Crippen LogP contribution is 2.50. The minimum Gasteiger partial charge on any atom is -0.0622 e. The lowest BCUT2D eigenvalue weighted by atomic mass is 9.83. The van der Waals surface area contributed by atoms with Crippen LogP contribution in [0.1, 0.15) is 0 Å². The summed E-state index contributed by atoms with van der Waals surface area (Å²) < 4.78 is 0. The van der Waals surface area contributed by atoms with E-state index in [1.54, 1.807) is 0 Å². The maximum Gasteiger partial charge on any atom is -0.00199 e. The summed E-state index contributed by atoms with van der Waals surface area (Å²) in [6.07, 6.45) is 0. The second kappa shape index (κ2) is 20.1. The Morgan fingerprint density at radius 1 is 0.114 bits per heavy atom. The van der Waals surface area contributed by atoms with Crippen LogP contribution in [0.25, 0.3) is 186 Å². The molecule has 0 heteroatoms. The molecular weight excluding hydrogens is 1060 g/mol. The zero-order chi connectivity index (χ0) is 57.8. The van der Waals surface area contributed by atoms with Gasteiger partial charge in [-0.3, -0.25) is 0 Å². The Hall–Kier alpha value is -11.4. The van der Waals surface area contributed by atoms with E-state index in [0.717, 1.165) is 0 Å². The molecule has 0 saturated carbocycles. The Balaban J connectivity index is 0.775. The van der Waals surface area contributed by atoms with E-state index in [1.807, 2.05) is 0 Å². The summed E-state index contributed by atoms with van der Waals surface area (Å²) in [5.74, 6) is 0. The molecule has 0 aliphatic carbocycles. The van der Waals surface area contributed by atoms with Crippen LogP contribution >= 0.6 is 0 Å². The smallest absolute Gasteiger partial charge is 0.00199 e. The van der Waals surface area contributed by atoms with Crippen LogP contribution < -0.4 is 0 Å². The van der Waals surface area contributed by atoms with Gasteiger partial charge in [-0.1, -0.05) is 267 Å². The summed E-state index contributed by atoms with van der Waals surface area (Å²) in [6.45, 7) is 0. The molecule has 0 aliphatic heterocycles. The van der Waals surface area contributed by atoms with Gasteiger partial charge in [0.1, 0.15) is 0 Å². The van der Waals surface area contributed by atoms with Crippen molar-refractivity contribution in [1.29, 1.82) is 0 Å². The van der Waals surface area contributed by atoms with Crippen LogP contribution in [0.2, 0.25) is 0 Å². The van der Waals surface area contributed by atoms with E-state index < -0.39 is 0 Å². The average molecular weight is 1110 g/mol. The predicted molar refractivity (Wildman–Crippen MR) is 380 cm³/mol. The molecule has 0 unspecified atom stereocenters. The minimum atomic E-state index is 1.17. The van der Waals surface area contributed by atoms with Gasteiger partial charge >= 0.3 is 0 Å². The molecule has 0 aromatic heterocycles. The molecule has 406 valence electrons. The molecule has 0 N–H and O–H groups in total. The van der Waals surface area contributed by atoms with Crippen LogP contribution in [0.5, 0.6) is 0 Å². The van der Waals surface area contributed by atoms with Crippen LogP contribution in [0.4, 0.5) is 0 Å². The first-order valence-electron chi connectivity index (χ1n) is 30.6. The van der Waals surface area contributed by atoms with Gasteiger partial charge in [0.05, 0.1) is 0 Å². The average Bonchev–Trinajstić information content (AvgIpc) is 1.35. The molecule has 18 aromatic rings. The maximum atomic E-state index is 2.45. The van der Waals surface area contributed by atoms with Crippen molar-refractivity contribution in [3.05, 3.63) is 328 Å². The van der Waals surface area contributed by atoms with Crippen molar-refractivity contribution >= 4 is 108 Å². The van der Waals surface area contributed by atoms with Crippen molar-refractivity contribution in [2.24, 2.45) is 0 Å². The fourth-order valence-corrected chi connectivity index (χ4v) is 14.9. The summed E-state index contributed by atoms with van der Waals surface area (Å²) >= 11 is 0. The Labute approximate surface area is 510 Å². The normalized spacial score (nSPS) is 11.9. The highest BCUT2D eigenvalue weighted by atomic mass is 14.3. The van der Waals surface area contributed by atoms with Crippen LogP contribution in [-0.4, -0.2) is 0 Å². The molecule has 0 bridgehead atoms. The van der Waals surface area contributed by atoms with Crippen molar-refractivity contribution in [1.82, 2.24) is 0 Å². The molecule has 0 spiro atoms. The molecule has 0 amide bonds. The van der Waals surface area contributed by atoms with Crippen molar-refractivity contribution in [2.45, 2.75) is 0 Å². The van der Waals surface area contributed by atoms with Crippen molar-refractivity contribution in [2.75, 3.05) is 0 Å². The Morgan fingerprint density at radius 3 is 1.10 bits per heavy atom. The second-order valence-corrected chi connectivity index (χ2v) is 23.8. The molecular formula is C88H54. The largest absolute Gasteiger partial charge is 0.0622 e. The van der Waals surface area contributed by atoms with Gasteiger partial charge < -0.3 is 0 Å². The molecule has 0 fully saturated rings. The fourth-order valence-electron chi connectivity index (χ4n) is 14.9. The van der Waals surface area contributed by atoms with Gasteiger partial charge in [-0.2, -0.15) is 0 Å². The summed E-state index contributed by atoms with van der Waals surface area (Å²) in [4.78, 5) is 0. The van der Waals surface area contributed by atoms with Crippen molar-refractivity contribution in [3.63, 3.8) is 0 Å². The Kier molecular flexibility index (Phi) is 11.4. The SMILES string of the molecule is c1ccc(-c2cc(-c3cccc(-c4ccc5cc6cc(-c7c8ccccc8c(-c8ccccc8)c8ccccc78)c7ccccc7c6cc5c4)c3)cc(-c3c4ccccc4c(-c4cccc5c4ccc4cc6ccccc6cc45)c4ccccc34)c2)cc1. The van der Waals surface area contributed by atoms with Crippen LogP contribution in [0.15, 0.2) is 328 Å². The second-order valence-electron chi connectivity index (χ2n) is 23.8. The Morgan fingerprint density at radius 2 is 0.477 bits per heavy atom. The van der Waals surface area contributed by atoms with Crippen molar-refractivity contribution < 1.29 is 0 Å². The van der Waals surface area contributed by atoms with E-state index in [9.17, 15) is 0 Å². The van der Waals surface area contributed by atoms with E-state index in [4.69, 9.17) is 0 Å². The minimum absolute atomic E-state index is 1.17. The molecule has 0 atom stereocenters. The van der Waals surface area contributed by atoms with Gasteiger partial charge in [-0.05, 0) is 246 Å². The molecule has 18 rings (SSSR count). The molecule has 0 radical (unpaired) electrons. The van der Waals surface area contributed by atoms with E-state index in [0.29, 0.717) is 0 Å². The molecule has 88 heavy (non-hydrogen) atoms. The van der Waals surface area contributed by atoms with E-state index >= 15 is 0 Å². The Bertz CT molecular complexity index is 5800. The van der Waals surface area contributed by atoms with E-state index in [1.165, 1.54) is 186 Å². The predicted octanol–water partition coefficient (Wildman–Crippen LogP) is 24.9. The molecule has 0 nitrogen and oxygen atoms in total. The van der Waals surface area contributed by atoms with Gasteiger partial charge in [0.2, 0.25) is 0 Å². The topological polar surface area (TPSA) is 0 Å². The summed E-state index contributed by atoms with van der Waals surface area (Å²) in [5, 5.41) is 25.0. The lowest BCUT2D eigenvalue weighted by Crippen LogP contribution is -1.93. The quantitative estimate of drug-likeness (QED) is 0.110. The maximum absolute atomic E-state index is 2.45. The first kappa shape index (κ1) is 49.9. The van der Waals surface area contributed by atoms with Crippen LogP contribution in [0, 0.1) is 0 Å². The van der Waals surface area contributed by atoms with Crippen molar-refractivity contribution in [3.8, 4) is 77.9 Å². The number of benzene rings is 18. The highest BCUT2D eigenvalue weighted by molar-refractivity contribution is 6.28.